The summed E-state index contributed by atoms with van der Waals surface area (Å²) in [6, 6.07) is 5.07. The summed E-state index contributed by atoms with van der Waals surface area (Å²) >= 11 is 0. The Kier molecular flexibility index (Phi) is 3.31. The Morgan fingerprint density at radius 1 is 1.45 bits per heavy atom. The van der Waals surface area contributed by atoms with E-state index in [0.29, 0.717) is 23.0 Å². The number of rotatable bonds is 2. The van der Waals surface area contributed by atoms with Crippen molar-refractivity contribution in [2.45, 2.75) is 19.4 Å². The van der Waals surface area contributed by atoms with Gasteiger partial charge in [-0.2, -0.15) is 0 Å². The normalized spacial score (nSPS) is 24.6. The maximum atomic E-state index is 12.2. The summed E-state index contributed by atoms with van der Waals surface area (Å²) in [4.78, 5) is 23.4. The van der Waals surface area contributed by atoms with Crippen molar-refractivity contribution in [2.24, 2.45) is 5.92 Å². The number of nitrogens with one attached hydrogen (secondary N) is 3. The minimum atomic E-state index is -0.188. The van der Waals surface area contributed by atoms with Crippen LogP contribution in [0.2, 0.25) is 0 Å². The van der Waals surface area contributed by atoms with Crippen LogP contribution in [0.15, 0.2) is 18.2 Å². The Labute approximate surface area is 116 Å². The van der Waals surface area contributed by atoms with Crippen LogP contribution in [-0.4, -0.2) is 31.0 Å². The highest BCUT2D eigenvalue weighted by molar-refractivity contribution is 5.99. The molecule has 2 aliphatic rings. The lowest BCUT2D eigenvalue weighted by molar-refractivity contribution is -0.119. The van der Waals surface area contributed by atoms with E-state index in [2.05, 4.69) is 22.9 Å². The number of benzene rings is 1. The van der Waals surface area contributed by atoms with Crippen molar-refractivity contribution in [3.63, 3.8) is 0 Å². The summed E-state index contributed by atoms with van der Waals surface area (Å²) < 4.78 is 5.28. The third-order valence-electron chi connectivity index (χ3n) is 3.70. The minimum Gasteiger partial charge on any atom is -0.482 e. The molecule has 2 amide bonds. The van der Waals surface area contributed by atoms with Crippen LogP contribution in [0.5, 0.6) is 5.75 Å². The van der Waals surface area contributed by atoms with Crippen LogP contribution >= 0.6 is 0 Å². The van der Waals surface area contributed by atoms with Crippen LogP contribution < -0.4 is 20.7 Å². The quantitative estimate of drug-likeness (QED) is 0.751. The highest BCUT2D eigenvalue weighted by Gasteiger charge is 2.29. The Morgan fingerprint density at radius 2 is 2.30 bits per heavy atom. The van der Waals surface area contributed by atoms with Crippen molar-refractivity contribution in [2.75, 3.05) is 23.8 Å². The number of amides is 2. The lowest BCUT2D eigenvalue weighted by atomic mass is 10.0. The molecule has 106 valence electrons. The Hall–Kier alpha value is -2.08. The van der Waals surface area contributed by atoms with Gasteiger partial charge in [0.15, 0.2) is 6.61 Å². The van der Waals surface area contributed by atoms with Crippen LogP contribution in [0.1, 0.15) is 13.3 Å². The van der Waals surface area contributed by atoms with Gasteiger partial charge in [0.1, 0.15) is 5.75 Å². The van der Waals surface area contributed by atoms with Gasteiger partial charge >= 0.3 is 0 Å². The topological polar surface area (TPSA) is 79.5 Å². The molecule has 1 aromatic rings. The van der Waals surface area contributed by atoms with Gasteiger partial charge in [-0.1, -0.05) is 6.92 Å². The molecule has 3 rings (SSSR count). The van der Waals surface area contributed by atoms with Gasteiger partial charge in [0.25, 0.3) is 5.91 Å². The summed E-state index contributed by atoms with van der Waals surface area (Å²) in [6.45, 7) is 2.96. The number of ether oxygens (including phenoxy) is 1. The van der Waals surface area contributed by atoms with Gasteiger partial charge in [0.05, 0.1) is 11.7 Å². The fourth-order valence-corrected chi connectivity index (χ4v) is 2.57. The van der Waals surface area contributed by atoms with Crippen LogP contribution in [0.4, 0.5) is 11.4 Å². The zero-order valence-corrected chi connectivity index (χ0v) is 11.2. The molecule has 1 aromatic carbocycles. The summed E-state index contributed by atoms with van der Waals surface area (Å²) in [5, 5.41) is 8.78. The molecule has 1 saturated heterocycles. The molecule has 20 heavy (non-hydrogen) atoms. The van der Waals surface area contributed by atoms with Crippen molar-refractivity contribution in [1.82, 2.24) is 5.32 Å². The fourth-order valence-electron chi connectivity index (χ4n) is 2.57. The molecule has 2 aliphatic heterocycles. The minimum absolute atomic E-state index is 0.0300. The average molecular weight is 275 g/mol. The molecule has 2 unspecified atom stereocenters. The van der Waals surface area contributed by atoms with Gasteiger partial charge in [0.2, 0.25) is 5.91 Å². The van der Waals surface area contributed by atoms with Crippen LogP contribution in [0, 0.1) is 5.92 Å². The SMILES string of the molecule is CC1CCNC1C(=O)Nc1ccc2c(c1)NC(=O)CO2. The van der Waals surface area contributed by atoms with Crippen LogP contribution in [-0.2, 0) is 9.59 Å². The maximum absolute atomic E-state index is 12.2. The zero-order valence-electron chi connectivity index (χ0n) is 11.2. The van der Waals surface area contributed by atoms with Gasteiger partial charge in [0, 0.05) is 5.69 Å². The predicted octanol–water partition coefficient (Wildman–Crippen LogP) is 0.954. The molecular formula is C14H17N3O3. The second kappa shape index (κ2) is 5.13. The Balaban J connectivity index is 1.73. The first-order valence-corrected chi connectivity index (χ1v) is 6.74. The van der Waals surface area contributed by atoms with E-state index in [1.54, 1.807) is 18.2 Å². The highest BCUT2D eigenvalue weighted by Crippen LogP contribution is 2.30. The van der Waals surface area contributed by atoms with Gasteiger partial charge in [-0.05, 0) is 37.1 Å². The molecule has 6 nitrogen and oxygen atoms in total. The highest BCUT2D eigenvalue weighted by atomic mass is 16.5. The number of carbonyl (C=O) groups excluding carboxylic acids is 2. The first-order valence-electron chi connectivity index (χ1n) is 6.74. The second-order valence-electron chi connectivity index (χ2n) is 5.23. The van der Waals surface area contributed by atoms with E-state index >= 15 is 0 Å². The maximum Gasteiger partial charge on any atom is 0.262 e. The number of fused-ring (bicyclic) bond motifs is 1. The van der Waals surface area contributed by atoms with Crippen molar-refractivity contribution < 1.29 is 14.3 Å². The van der Waals surface area contributed by atoms with Gasteiger partial charge < -0.3 is 20.7 Å². The number of carbonyl (C=O) groups is 2. The average Bonchev–Trinajstić information content (AvgIpc) is 2.84. The lowest BCUT2D eigenvalue weighted by Gasteiger charge is -2.20. The van der Waals surface area contributed by atoms with E-state index < -0.39 is 0 Å². The van der Waals surface area contributed by atoms with Gasteiger partial charge in [-0.15, -0.1) is 0 Å². The number of hydrogen-bond donors (Lipinski definition) is 3. The van der Waals surface area contributed by atoms with Gasteiger partial charge in [-0.3, -0.25) is 9.59 Å². The third kappa shape index (κ3) is 2.46. The molecule has 1 fully saturated rings. The third-order valence-corrected chi connectivity index (χ3v) is 3.70. The molecule has 0 radical (unpaired) electrons. The fraction of sp³-hybridized carbons (Fsp3) is 0.429. The van der Waals surface area contributed by atoms with E-state index in [4.69, 9.17) is 4.74 Å². The smallest absolute Gasteiger partial charge is 0.262 e. The first-order chi connectivity index (χ1) is 9.63. The van der Waals surface area contributed by atoms with Crippen molar-refractivity contribution in [3.05, 3.63) is 18.2 Å². The van der Waals surface area contributed by atoms with Crippen LogP contribution in [0.3, 0.4) is 0 Å². The molecule has 0 bridgehead atoms. The molecule has 6 heteroatoms. The van der Waals surface area contributed by atoms with E-state index in [9.17, 15) is 9.59 Å². The number of hydrogen-bond acceptors (Lipinski definition) is 4. The molecule has 2 heterocycles. The van der Waals surface area contributed by atoms with E-state index in [1.165, 1.54) is 0 Å². The molecular weight excluding hydrogens is 258 g/mol. The summed E-state index contributed by atoms with van der Waals surface area (Å²) in [7, 11) is 0. The van der Waals surface area contributed by atoms with E-state index in [1.807, 2.05) is 0 Å². The molecule has 0 spiro atoms. The Morgan fingerprint density at radius 3 is 3.05 bits per heavy atom. The zero-order chi connectivity index (χ0) is 14.1. The van der Waals surface area contributed by atoms with E-state index in [0.717, 1.165) is 13.0 Å². The molecule has 0 aromatic heterocycles. The number of anilines is 2. The molecule has 0 saturated carbocycles. The molecule has 0 aliphatic carbocycles. The van der Waals surface area contributed by atoms with Crippen molar-refractivity contribution in [1.29, 1.82) is 0 Å². The van der Waals surface area contributed by atoms with E-state index in [-0.39, 0.29) is 24.5 Å². The van der Waals surface area contributed by atoms with Crippen LogP contribution in [0.25, 0.3) is 0 Å². The lowest BCUT2D eigenvalue weighted by Crippen LogP contribution is -2.39. The predicted molar refractivity (Wildman–Crippen MR) is 74.8 cm³/mol. The van der Waals surface area contributed by atoms with Crippen molar-refractivity contribution >= 4 is 23.2 Å². The first kappa shape index (κ1) is 12.9. The van der Waals surface area contributed by atoms with Gasteiger partial charge in [-0.25, -0.2) is 0 Å². The Bertz CT molecular complexity index is 559. The summed E-state index contributed by atoms with van der Waals surface area (Å²) in [6.07, 6.45) is 1.01. The largest absolute Gasteiger partial charge is 0.482 e. The standard InChI is InChI=1S/C14H17N3O3/c1-8-4-5-15-13(8)14(19)16-9-2-3-11-10(6-9)17-12(18)7-20-11/h2-3,6,8,13,15H,4-5,7H2,1H3,(H,16,19)(H,17,18). The monoisotopic (exact) mass is 275 g/mol. The van der Waals surface area contributed by atoms with Crippen molar-refractivity contribution in [3.8, 4) is 5.75 Å². The molecule has 3 N–H and O–H groups in total. The molecule has 2 atom stereocenters. The summed E-state index contributed by atoms with van der Waals surface area (Å²) in [5.74, 6) is 0.718. The second-order valence-corrected chi connectivity index (χ2v) is 5.23. The summed E-state index contributed by atoms with van der Waals surface area (Å²) in [5.41, 5.74) is 1.24.